The van der Waals surface area contributed by atoms with Gasteiger partial charge in [-0.2, -0.15) is 0 Å². The van der Waals surface area contributed by atoms with Crippen molar-refractivity contribution in [3.63, 3.8) is 0 Å². The number of carbonyl (C=O) groups is 1. The van der Waals surface area contributed by atoms with E-state index in [0.29, 0.717) is 18.9 Å². The normalized spacial score (nSPS) is 11.8. The van der Waals surface area contributed by atoms with Gasteiger partial charge in [-0.15, -0.1) is 0 Å². The molecule has 6 nitrogen and oxygen atoms in total. The molecule has 2 aromatic rings. The average Bonchev–Trinajstić information content (AvgIpc) is 2.61. The summed E-state index contributed by atoms with van der Waals surface area (Å²) >= 11 is 0. The molecule has 1 atom stereocenters. The van der Waals surface area contributed by atoms with Crippen molar-refractivity contribution in [2.75, 3.05) is 11.9 Å². The molecule has 140 valence electrons. The second-order valence-electron chi connectivity index (χ2n) is 6.57. The first-order valence-electron chi connectivity index (χ1n) is 9.09. The number of nitrogens with one attached hydrogen (secondary N) is 2. The number of hydrogen-bond acceptors (Lipinski definition) is 5. The van der Waals surface area contributed by atoms with Crippen LogP contribution in [-0.2, 0) is 11.2 Å². The van der Waals surface area contributed by atoms with Gasteiger partial charge in [-0.1, -0.05) is 12.1 Å². The molecule has 26 heavy (non-hydrogen) atoms. The van der Waals surface area contributed by atoms with Gasteiger partial charge < -0.3 is 15.4 Å². The Morgan fingerprint density at radius 3 is 2.46 bits per heavy atom. The van der Waals surface area contributed by atoms with Gasteiger partial charge in [-0.3, -0.25) is 4.79 Å². The number of rotatable bonds is 10. The molecular weight excluding hydrogens is 328 g/mol. The number of benzene rings is 1. The van der Waals surface area contributed by atoms with Crippen molar-refractivity contribution in [2.24, 2.45) is 0 Å². The highest BCUT2D eigenvalue weighted by molar-refractivity contribution is 5.76. The molecule has 6 heteroatoms. The van der Waals surface area contributed by atoms with E-state index in [1.807, 2.05) is 32.9 Å². The Morgan fingerprint density at radius 2 is 1.81 bits per heavy atom. The van der Waals surface area contributed by atoms with Gasteiger partial charge in [-0.25, -0.2) is 9.97 Å². The molecule has 2 N–H and O–H groups in total. The topological polar surface area (TPSA) is 76.1 Å². The summed E-state index contributed by atoms with van der Waals surface area (Å²) in [6, 6.07) is 10.0. The molecule has 0 saturated carbocycles. The molecule has 0 radical (unpaired) electrons. The zero-order valence-electron chi connectivity index (χ0n) is 15.7. The lowest BCUT2D eigenvalue weighted by atomic mass is 10.1. The predicted octanol–water partition coefficient (Wildman–Crippen LogP) is 3.20. The summed E-state index contributed by atoms with van der Waals surface area (Å²) in [7, 11) is 0. The highest BCUT2D eigenvalue weighted by atomic mass is 16.5. The fraction of sp³-hybridized carbons (Fsp3) is 0.450. The maximum absolute atomic E-state index is 12.0. The van der Waals surface area contributed by atoms with Gasteiger partial charge in [0.15, 0.2) is 0 Å². The smallest absolute Gasteiger partial charge is 0.222 e. The van der Waals surface area contributed by atoms with Crippen molar-refractivity contribution < 1.29 is 9.53 Å². The molecule has 0 aliphatic rings. The summed E-state index contributed by atoms with van der Waals surface area (Å²) in [4.78, 5) is 20.1. The molecule has 1 heterocycles. The van der Waals surface area contributed by atoms with Gasteiger partial charge in [0, 0.05) is 31.4 Å². The van der Waals surface area contributed by atoms with E-state index in [4.69, 9.17) is 4.74 Å². The van der Waals surface area contributed by atoms with E-state index in [0.717, 1.165) is 18.6 Å². The van der Waals surface area contributed by atoms with Crippen molar-refractivity contribution in [3.05, 3.63) is 48.3 Å². The quantitative estimate of drug-likeness (QED) is 0.684. The predicted molar refractivity (Wildman–Crippen MR) is 103 cm³/mol. The third-order valence-electron chi connectivity index (χ3n) is 3.77. The molecule has 0 fully saturated rings. The van der Waals surface area contributed by atoms with Crippen LogP contribution in [0.5, 0.6) is 5.75 Å². The van der Waals surface area contributed by atoms with Gasteiger partial charge in [-0.05, 0) is 57.4 Å². The SMILES string of the molecule is CC(CCc1ccc(OC(C)C)cc1)NC(=O)CCNc1ncccn1. The van der Waals surface area contributed by atoms with Crippen LogP contribution in [0.15, 0.2) is 42.7 Å². The van der Waals surface area contributed by atoms with Gasteiger partial charge in [0.1, 0.15) is 5.75 Å². The number of anilines is 1. The minimum absolute atomic E-state index is 0.0293. The molecule has 1 amide bonds. The van der Waals surface area contributed by atoms with Gasteiger partial charge in [0.25, 0.3) is 0 Å². The molecule has 0 aliphatic carbocycles. The second kappa shape index (κ2) is 10.4. The third kappa shape index (κ3) is 7.51. The first-order valence-corrected chi connectivity index (χ1v) is 9.09. The number of ether oxygens (including phenoxy) is 1. The standard InChI is InChI=1S/C20H28N4O2/c1-15(2)26-18-9-7-17(8-10-18)6-5-16(3)24-19(25)11-14-23-20-21-12-4-13-22-20/h4,7-10,12-13,15-16H,5-6,11,14H2,1-3H3,(H,24,25)(H,21,22,23). The first-order chi connectivity index (χ1) is 12.5. The third-order valence-corrected chi connectivity index (χ3v) is 3.77. The van der Waals surface area contributed by atoms with E-state index in [2.05, 4.69) is 32.7 Å². The highest BCUT2D eigenvalue weighted by Gasteiger charge is 2.08. The zero-order chi connectivity index (χ0) is 18.8. The maximum Gasteiger partial charge on any atom is 0.222 e. The van der Waals surface area contributed by atoms with Crippen molar-refractivity contribution in [2.45, 2.75) is 52.2 Å². The molecule has 0 spiro atoms. The van der Waals surface area contributed by atoms with Crippen molar-refractivity contribution in [3.8, 4) is 5.75 Å². The second-order valence-corrected chi connectivity index (χ2v) is 6.57. The van der Waals surface area contributed by atoms with Crippen LogP contribution in [0.4, 0.5) is 5.95 Å². The zero-order valence-corrected chi connectivity index (χ0v) is 15.7. The molecule has 1 unspecified atom stereocenters. The lowest BCUT2D eigenvalue weighted by Gasteiger charge is -2.14. The van der Waals surface area contributed by atoms with E-state index < -0.39 is 0 Å². The first kappa shape index (κ1) is 19.7. The van der Waals surface area contributed by atoms with Crippen LogP contribution in [0, 0.1) is 0 Å². The Balaban J connectivity index is 1.64. The van der Waals surface area contributed by atoms with Crippen molar-refractivity contribution in [1.82, 2.24) is 15.3 Å². The molecule has 1 aromatic carbocycles. The molecule has 1 aromatic heterocycles. The Bertz CT molecular complexity index is 659. The van der Waals surface area contributed by atoms with Crippen LogP contribution in [0.2, 0.25) is 0 Å². The van der Waals surface area contributed by atoms with Crippen LogP contribution >= 0.6 is 0 Å². The Hall–Kier alpha value is -2.63. The van der Waals surface area contributed by atoms with E-state index in [9.17, 15) is 4.79 Å². The highest BCUT2D eigenvalue weighted by Crippen LogP contribution is 2.15. The lowest BCUT2D eigenvalue weighted by Crippen LogP contribution is -2.33. The number of hydrogen-bond donors (Lipinski definition) is 2. The fourth-order valence-electron chi connectivity index (χ4n) is 2.49. The van der Waals surface area contributed by atoms with Crippen molar-refractivity contribution in [1.29, 1.82) is 0 Å². The lowest BCUT2D eigenvalue weighted by molar-refractivity contribution is -0.121. The summed E-state index contributed by atoms with van der Waals surface area (Å²) in [5.74, 6) is 1.46. The summed E-state index contributed by atoms with van der Waals surface area (Å²) in [5, 5.41) is 6.06. The number of nitrogens with zero attached hydrogens (tertiary/aromatic N) is 2. The molecule has 0 aliphatic heterocycles. The van der Waals surface area contributed by atoms with E-state index >= 15 is 0 Å². The molecule has 2 rings (SSSR count). The van der Waals surface area contributed by atoms with Crippen LogP contribution in [0.1, 0.15) is 39.2 Å². The monoisotopic (exact) mass is 356 g/mol. The Labute approximate surface area is 155 Å². The van der Waals surface area contributed by atoms with Gasteiger partial charge in [0.2, 0.25) is 11.9 Å². The molecule has 0 bridgehead atoms. The maximum atomic E-state index is 12.0. The van der Waals surface area contributed by atoms with Crippen LogP contribution in [-0.4, -0.2) is 34.6 Å². The number of aromatic nitrogens is 2. The summed E-state index contributed by atoms with van der Waals surface area (Å²) in [6.45, 7) is 6.57. The summed E-state index contributed by atoms with van der Waals surface area (Å²) in [5.41, 5.74) is 1.24. The minimum Gasteiger partial charge on any atom is -0.491 e. The number of amides is 1. The fourth-order valence-corrected chi connectivity index (χ4v) is 2.49. The van der Waals surface area contributed by atoms with E-state index in [-0.39, 0.29) is 18.1 Å². The number of carbonyl (C=O) groups excluding carboxylic acids is 1. The van der Waals surface area contributed by atoms with Gasteiger partial charge in [0.05, 0.1) is 6.10 Å². The van der Waals surface area contributed by atoms with Crippen LogP contribution in [0.3, 0.4) is 0 Å². The Morgan fingerprint density at radius 1 is 1.12 bits per heavy atom. The summed E-state index contributed by atoms with van der Waals surface area (Å²) in [6.07, 6.45) is 5.71. The van der Waals surface area contributed by atoms with Crippen LogP contribution < -0.4 is 15.4 Å². The van der Waals surface area contributed by atoms with Crippen molar-refractivity contribution >= 4 is 11.9 Å². The van der Waals surface area contributed by atoms with E-state index in [1.165, 1.54) is 5.56 Å². The summed E-state index contributed by atoms with van der Waals surface area (Å²) < 4.78 is 5.65. The number of aryl methyl sites for hydroxylation is 1. The molecular formula is C20H28N4O2. The minimum atomic E-state index is 0.0293. The van der Waals surface area contributed by atoms with Crippen LogP contribution in [0.25, 0.3) is 0 Å². The largest absolute Gasteiger partial charge is 0.491 e. The average molecular weight is 356 g/mol. The molecule has 0 saturated heterocycles. The van der Waals surface area contributed by atoms with E-state index in [1.54, 1.807) is 18.5 Å². The Kier molecular flexibility index (Phi) is 7.86. The van der Waals surface area contributed by atoms with Gasteiger partial charge >= 0.3 is 0 Å².